The lowest BCUT2D eigenvalue weighted by molar-refractivity contribution is -0.119. The normalized spacial score (nSPS) is 12.0. The monoisotopic (exact) mass is 401 g/mol. The number of nitrogens with zero attached hydrogens (tertiary/aromatic N) is 3. The molecule has 8 nitrogen and oxygen atoms in total. The molecule has 3 aromatic rings. The fourth-order valence-electron chi connectivity index (χ4n) is 2.63. The van der Waals surface area contributed by atoms with Crippen LogP contribution in [0.4, 0.5) is 0 Å². The second kappa shape index (κ2) is 8.83. The van der Waals surface area contributed by atoms with Crippen LogP contribution in [0.1, 0.15) is 35.7 Å². The first kappa shape index (κ1) is 19.8. The van der Waals surface area contributed by atoms with E-state index >= 15 is 0 Å². The molecule has 0 bridgehead atoms. The van der Waals surface area contributed by atoms with Gasteiger partial charge in [-0.1, -0.05) is 29.5 Å². The maximum Gasteiger partial charge on any atom is 0.231 e. The number of aryl methyl sites for hydroxylation is 2. The molecular weight excluding hydrogens is 378 g/mol. The summed E-state index contributed by atoms with van der Waals surface area (Å²) in [5.41, 5.74) is 2.21. The molecule has 148 valence electrons. The molecule has 0 saturated carbocycles. The van der Waals surface area contributed by atoms with Crippen LogP contribution in [0.5, 0.6) is 5.75 Å². The SMILES string of the molecule is Cc1ccc(OCc2nnc(SCC(=O)N[C@@H](C)c3ccco3)n2N)c(C)c1. The molecule has 0 saturated heterocycles. The van der Waals surface area contributed by atoms with E-state index in [-0.39, 0.29) is 24.3 Å². The Morgan fingerprint density at radius 1 is 1.36 bits per heavy atom. The summed E-state index contributed by atoms with van der Waals surface area (Å²) in [5.74, 6) is 8.01. The van der Waals surface area contributed by atoms with Crippen molar-refractivity contribution in [2.75, 3.05) is 11.6 Å². The number of aromatic nitrogens is 3. The third-order valence-electron chi connectivity index (χ3n) is 4.10. The van der Waals surface area contributed by atoms with Gasteiger partial charge in [0.1, 0.15) is 18.1 Å². The molecule has 1 amide bonds. The molecule has 28 heavy (non-hydrogen) atoms. The van der Waals surface area contributed by atoms with E-state index in [1.54, 1.807) is 12.3 Å². The highest BCUT2D eigenvalue weighted by molar-refractivity contribution is 7.99. The number of carbonyl (C=O) groups is 1. The average Bonchev–Trinajstić information content (AvgIpc) is 3.30. The Morgan fingerprint density at radius 3 is 2.89 bits per heavy atom. The highest BCUT2D eigenvalue weighted by atomic mass is 32.2. The van der Waals surface area contributed by atoms with Gasteiger partial charge in [0.25, 0.3) is 0 Å². The summed E-state index contributed by atoms with van der Waals surface area (Å²) in [4.78, 5) is 12.1. The highest BCUT2D eigenvalue weighted by Gasteiger charge is 2.15. The predicted molar refractivity (Wildman–Crippen MR) is 106 cm³/mol. The zero-order chi connectivity index (χ0) is 20.1. The molecule has 3 rings (SSSR count). The summed E-state index contributed by atoms with van der Waals surface area (Å²) in [5, 5.41) is 11.4. The zero-order valence-corrected chi connectivity index (χ0v) is 16.8. The van der Waals surface area contributed by atoms with Gasteiger partial charge < -0.3 is 20.3 Å². The number of nitrogens with two attached hydrogens (primary N) is 1. The molecule has 0 fully saturated rings. The smallest absolute Gasteiger partial charge is 0.231 e. The number of hydrogen-bond acceptors (Lipinski definition) is 7. The van der Waals surface area contributed by atoms with Crippen molar-refractivity contribution in [1.82, 2.24) is 20.2 Å². The van der Waals surface area contributed by atoms with Crippen molar-refractivity contribution in [3.63, 3.8) is 0 Å². The van der Waals surface area contributed by atoms with Gasteiger partial charge in [0.2, 0.25) is 11.1 Å². The van der Waals surface area contributed by atoms with Gasteiger partial charge in [0, 0.05) is 0 Å². The third-order valence-corrected chi connectivity index (χ3v) is 5.05. The number of amides is 1. The van der Waals surface area contributed by atoms with E-state index in [2.05, 4.69) is 15.5 Å². The first-order chi connectivity index (χ1) is 13.4. The molecule has 1 aromatic carbocycles. The number of nitrogens with one attached hydrogen (secondary N) is 1. The first-order valence-corrected chi connectivity index (χ1v) is 9.77. The second-order valence-corrected chi connectivity index (χ2v) is 7.36. The number of furan rings is 1. The standard InChI is InChI=1S/C19H23N5O3S/c1-12-6-7-15(13(2)9-12)27-10-17-22-23-19(24(17)20)28-11-18(25)21-14(3)16-5-4-8-26-16/h4-9,14H,10-11,20H2,1-3H3,(H,21,25)/t14-/m0/s1. The van der Waals surface area contributed by atoms with Crippen LogP contribution in [-0.4, -0.2) is 26.5 Å². The van der Waals surface area contributed by atoms with Gasteiger partial charge in [-0.3, -0.25) is 4.79 Å². The first-order valence-electron chi connectivity index (χ1n) is 8.79. The third kappa shape index (κ3) is 4.86. The van der Waals surface area contributed by atoms with Crippen LogP contribution in [-0.2, 0) is 11.4 Å². The molecule has 0 unspecified atom stereocenters. The van der Waals surface area contributed by atoms with E-state index in [0.717, 1.165) is 11.3 Å². The molecule has 2 heterocycles. The van der Waals surface area contributed by atoms with Gasteiger partial charge in [-0.25, -0.2) is 4.68 Å². The number of nitrogen functional groups attached to an aromatic ring is 1. The van der Waals surface area contributed by atoms with Crippen molar-refractivity contribution in [1.29, 1.82) is 0 Å². The van der Waals surface area contributed by atoms with Crippen molar-refractivity contribution in [2.24, 2.45) is 0 Å². The molecule has 0 aliphatic rings. The molecule has 2 aromatic heterocycles. The van der Waals surface area contributed by atoms with Gasteiger partial charge in [-0.15, -0.1) is 10.2 Å². The highest BCUT2D eigenvalue weighted by Crippen LogP contribution is 2.21. The molecule has 9 heteroatoms. The Morgan fingerprint density at radius 2 is 2.18 bits per heavy atom. The van der Waals surface area contributed by atoms with Crippen LogP contribution in [0.2, 0.25) is 0 Å². The Labute approximate surface area is 167 Å². The average molecular weight is 401 g/mol. The lowest BCUT2D eigenvalue weighted by Crippen LogP contribution is -2.28. The summed E-state index contributed by atoms with van der Waals surface area (Å²) in [6.07, 6.45) is 1.57. The van der Waals surface area contributed by atoms with Gasteiger partial charge >= 0.3 is 0 Å². The van der Waals surface area contributed by atoms with Gasteiger partial charge in [0.15, 0.2) is 5.82 Å². The Balaban J connectivity index is 1.52. The summed E-state index contributed by atoms with van der Waals surface area (Å²) in [6, 6.07) is 9.34. The Bertz CT molecular complexity index is 939. The van der Waals surface area contributed by atoms with Gasteiger partial charge in [-0.2, -0.15) is 0 Å². The largest absolute Gasteiger partial charge is 0.485 e. The van der Waals surface area contributed by atoms with Gasteiger partial charge in [-0.05, 0) is 44.5 Å². The molecule has 1 atom stereocenters. The summed E-state index contributed by atoms with van der Waals surface area (Å²) in [7, 11) is 0. The minimum Gasteiger partial charge on any atom is -0.485 e. The Kier molecular flexibility index (Phi) is 6.25. The van der Waals surface area contributed by atoms with Gasteiger partial charge in [0.05, 0.1) is 18.1 Å². The van der Waals surface area contributed by atoms with Crippen molar-refractivity contribution < 1.29 is 13.9 Å². The number of thioether (sulfide) groups is 1. The Hall–Kier alpha value is -2.94. The zero-order valence-electron chi connectivity index (χ0n) is 16.0. The maximum atomic E-state index is 12.1. The van der Waals surface area contributed by atoms with E-state index < -0.39 is 0 Å². The van der Waals surface area contributed by atoms with E-state index in [1.807, 2.05) is 45.0 Å². The van der Waals surface area contributed by atoms with Crippen LogP contribution in [0.3, 0.4) is 0 Å². The fraction of sp³-hybridized carbons (Fsp3) is 0.316. The maximum absolute atomic E-state index is 12.1. The summed E-state index contributed by atoms with van der Waals surface area (Å²) >= 11 is 1.21. The van der Waals surface area contributed by atoms with E-state index in [4.69, 9.17) is 15.0 Å². The van der Waals surface area contributed by atoms with Crippen LogP contribution in [0.25, 0.3) is 0 Å². The van der Waals surface area contributed by atoms with E-state index in [9.17, 15) is 4.79 Å². The quantitative estimate of drug-likeness (QED) is 0.441. The van der Waals surface area contributed by atoms with Crippen LogP contribution in [0.15, 0.2) is 46.2 Å². The number of rotatable bonds is 8. The number of ether oxygens (including phenoxy) is 1. The molecule has 0 spiro atoms. The number of benzene rings is 1. The second-order valence-electron chi connectivity index (χ2n) is 6.42. The topological polar surface area (TPSA) is 108 Å². The van der Waals surface area contributed by atoms with Crippen molar-refractivity contribution in [3.8, 4) is 5.75 Å². The predicted octanol–water partition coefficient (Wildman–Crippen LogP) is 2.75. The number of hydrogen-bond donors (Lipinski definition) is 2. The summed E-state index contributed by atoms with van der Waals surface area (Å²) in [6.45, 7) is 6.06. The van der Waals surface area contributed by atoms with E-state index in [1.165, 1.54) is 22.0 Å². The van der Waals surface area contributed by atoms with Crippen LogP contribution < -0.4 is 15.9 Å². The summed E-state index contributed by atoms with van der Waals surface area (Å²) < 4.78 is 12.4. The van der Waals surface area contributed by atoms with Crippen molar-refractivity contribution in [3.05, 3.63) is 59.3 Å². The molecule has 0 aliphatic carbocycles. The molecule has 0 radical (unpaired) electrons. The minimum atomic E-state index is -0.208. The molecule has 0 aliphatic heterocycles. The van der Waals surface area contributed by atoms with Crippen LogP contribution >= 0.6 is 11.8 Å². The van der Waals surface area contributed by atoms with Crippen LogP contribution in [0, 0.1) is 13.8 Å². The molecular formula is C19H23N5O3S. The van der Waals surface area contributed by atoms with Crippen molar-refractivity contribution in [2.45, 2.75) is 38.6 Å². The molecule has 3 N–H and O–H groups in total. The number of carbonyl (C=O) groups excluding carboxylic acids is 1. The minimum absolute atomic E-state index is 0.148. The fourth-order valence-corrected chi connectivity index (χ4v) is 3.32. The lowest BCUT2D eigenvalue weighted by atomic mass is 10.1. The van der Waals surface area contributed by atoms with Crippen molar-refractivity contribution >= 4 is 17.7 Å². The lowest BCUT2D eigenvalue weighted by Gasteiger charge is -2.11. The van der Waals surface area contributed by atoms with E-state index in [0.29, 0.717) is 16.7 Å².